The largest absolute Gasteiger partial charge is 0.480 e. The van der Waals surface area contributed by atoms with Crippen molar-refractivity contribution in [1.29, 1.82) is 0 Å². The Morgan fingerprint density at radius 2 is 1.95 bits per heavy atom. The van der Waals surface area contributed by atoms with Gasteiger partial charge in [0.25, 0.3) is 0 Å². The van der Waals surface area contributed by atoms with E-state index in [-0.39, 0.29) is 15.6 Å². The second-order valence-electron chi connectivity index (χ2n) is 4.02. The zero-order chi connectivity index (χ0) is 14.8. The molecule has 0 radical (unpaired) electrons. The van der Waals surface area contributed by atoms with E-state index in [9.17, 15) is 18.0 Å². The molecule has 0 aromatic heterocycles. The summed E-state index contributed by atoms with van der Waals surface area (Å²) in [6.45, 7) is -0.364. The average molecular weight is 316 g/mol. The van der Waals surface area contributed by atoms with E-state index in [0.29, 0.717) is 0 Å². The quantitative estimate of drug-likeness (QED) is 0.894. The molecule has 0 amide bonds. The molecule has 1 unspecified atom stereocenters. The molecule has 0 fully saturated rings. The fourth-order valence-corrected chi connectivity index (χ4v) is 1.92. The van der Waals surface area contributed by atoms with Crippen molar-refractivity contribution in [2.75, 3.05) is 6.54 Å². The van der Waals surface area contributed by atoms with Crippen molar-refractivity contribution in [3.8, 4) is 0 Å². The van der Waals surface area contributed by atoms with Crippen LogP contribution in [0.1, 0.15) is 12.5 Å². The fraction of sp³-hybridized carbons (Fsp3) is 0.364. The minimum atomic E-state index is -4.54. The Bertz CT molecular complexity index is 493. The smallest absolute Gasteiger partial charge is 0.401 e. The van der Waals surface area contributed by atoms with E-state index in [2.05, 4.69) is 0 Å². The van der Waals surface area contributed by atoms with Gasteiger partial charge >= 0.3 is 12.1 Å². The van der Waals surface area contributed by atoms with Crippen LogP contribution < -0.4 is 5.32 Å². The van der Waals surface area contributed by atoms with Crippen molar-refractivity contribution >= 4 is 29.2 Å². The van der Waals surface area contributed by atoms with Crippen LogP contribution >= 0.6 is 23.2 Å². The third kappa shape index (κ3) is 3.99. The zero-order valence-corrected chi connectivity index (χ0v) is 11.2. The van der Waals surface area contributed by atoms with Crippen molar-refractivity contribution in [3.63, 3.8) is 0 Å². The summed E-state index contributed by atoms with van der Waals surface area (Å²) in [4.78, 5) is 11.3. The number of nitrogens with one attached hydrogen (secondary N) is 1. The molecule has 0 bridgehead atoms. The lowest BCUT2D eigenvalue weighted by Crippen LogP contribution is -2.50. The topological polar surface area (TPSA) is 49.3 Å². The van der Waals surface area contributed by atoms with Gasteiger partial charge in [-0.05, 0) is 25.1 Å². The van der Waals surface area contributed by atoms with Gasteiger partial charge in [-0.2, -0.15) is 13.2 Å². The first kappa shape index (κ1) is 16.1. The first-order chi connectivity index (χ1) is 8.56. The number of hydrogen-bond donors (Lipinski definition) is 2. The SMILES string of the molecule is CC(NCC(F)(F)F)(C(=O)O)c1cc(Cl)ccc1Cl. The van der Waals surface area contributed by atoms with E-state index in [0.717, 1.165) is 6.92 Å². The molecule has 1 aromatic rings. The molecule has 19 heavy (non-hydrogen) atoms. The number of benzene rings is 1. The van der Waals surface area contributed by atoms with Crippen LogP contribution in [0, 0.1) is 0 Å². The Kier molecular flexibility index (Phi) is 4.71. The van der Waals surface area contributed by atoms with Gasteiger partial charge in [0.15, 0.2) is 0 Å². The van der Waals surface area contributed by atoms with Crippen LogP contribution in [0.2, 0.25) is 10.0 Å². The van der Waals surface area contributed by atoms with Gasteiger partial charge in [-0.25, -0.2) is 4.79 Å². The summed E-state index contributed by atoms with van der Waals surface area (Å²) in [6, 6.07) is 3.97. The number of carboxylic acids is 1. The number of aliphatic carboxylic acids is 1. The molecule has 106 valence electrons. The highest BCUT2D eigenvalue weighted by Gasteiger charge is 2.40. The highest BCUT2D eigenvalue weighted by atomic mass is 35.5. The average Bonchev–Trinajstić information content (AvgIpc) is 2.28. The van der Waals surface area contributed by atoms with Crippen LogP contribution in [-0.2, 0) is 10.3 Å². The molecular formula is C11H10Cl2F3NO2. The van der Waals surface area contributed by atoms with E-state index in [4.69, 9.17) is 28.3 Å². The lowest BCUT2D eigenvalue weighted by Gasteiger charge is -2.28. The third-order valence-electron chi connectivity index (χ3n) is 2.54. The number of carbonyl (C=O) groups is 1. The van der Waals surface area contributed by atoms with Gasteiger partial charge in [0.1, 0.15) is 5.54 Å². The van der Waals surface area contributed by atoms with Gasteiger partial charge in [-0.3, -0.25) is 5.32 Å². The molecule has 8 heteroatoms. The van der Waals surface area contributed by atoms with E-state index < -0.39 is 24.2 Å². The van der Waals surface area contributed by atoms with Crippen LogP contribution in [0.25, 0.3) is 0 Å². The number of alkyl halides is 3. The van der Waals surface area contributed by atoms with E-state index in [1.807, 2.05) is 5.32 Å². The molecule has 1 rings (SSSR count). The predicted octanol–water partition coefficient (Wildman–Crippen LogP) is 3.45. The van der Waals surface area contributed by atoms with Crippen molar-refractivity contribution in [1.82, 2.24) is 5.32 Å². The van der Waals surface area contributed by atoms with Gasteiger partial charge in [0.05, 0.1) is 6.54 Å². The molecule has 3 nitrogen and oxygen atoms in total. The molecule has 0 saturated heterocycles. The summed E-state index contributed by atoms with van der Waals surface area (Å²) in [5.41, 5.74) is -2.02. The summed E-state index contributed by atoms with van der Waals surface area (Å²) < 4.78 is 36.7. The van der Waals surface area contributed by atoms with Crippen molar-refractivity contribution in [3.05, 3.63) is 33.8 Å². The molecule has 2 N–H and O–H groups in total. The lowest BCUT2D eigenvalue weighted by atomic mass is 9.92. The molecule has 1 aromatic carbocycles. The van der Waals surface area contributed by atoms with Gasteiger partial charge in [0.2, 0.25) is 0 Å². The monoisotopic (exact) mass is 315 g/mol. The first-order valence-corrected chi connectivity index (χ1v) is 5.82. The Morgan fingerprint density at radius 3 is 2.42 bits per heavy atom. The number of hydrogen-bond acceptors (Lipinski definition) is 2. The molecule has 0 aliphatic heterocycles. The summed E-state index contributed by atoms with van der Waals surface area (Å²) in [6.07, 6.45) is -4.54. The van der Waals surface area contributed by atoms with E-state index in [1.165, 1.54) is 18.2 Å². The number of halogens is 5. The maximum absolute atomic E-state index is 12.2. The lowest BCUT2D eigenvalue weighted by molar-refractivity contribution is -0.150. The van der Waals surface area contributed by atoms with Crippen LogP contribution in [0.4, 0.5) is 13.2 Å². The number of rotatable bonds is 4. The molecule has 0 aliphatic carbocycles. The third-order valence-corrected chi connectivity index (χ3v) is 3.10. The number of carboxylic acid groups (broad SMARTS) is 1. The zero-order valence-electron chi connectivity index (χ0n) is 9.68. The normalized spacial score (nSPS) is 15.1. The van der Waals surface area contributed by atoms with Crippen LogP contribution in [0.5, 0.6) is 0 Å². The molecule has 1 atom stereocenters. The van der Waals surface area contributed by atoms with Gasteiger partial charge < -0.3 is 5.11 Å². The predicted molar refractivity (Wildman–Crippen MR) is 65.5 cm³/mol. The van der Waals surface area contributed by atoms with Crippen molar-refractivity contribution in [2.45, 2.75) is 18.6 Å². The molecule has 0 heterocycles. The van der Waals surface area contributed by atoms with Crippen LogP contribution in [-0.4, -0.2) is 23.8 Å². The van der Waals surface area contributed by atoms with Crippen LogP contribution in [0.15, 0.2) is 18.2 Å². The summed E-state index contributed by atoms with van der Waals surface area (Å²) >= 11 is 11.5. The highest BCUT2D eigenvalue weighted by molar-refractivity contribution is 6.33. The van der Waals surface area contributed by atoms with Crippen molar-refractivity contribution in [2.24, 2.45) is 0 Å². The van der Waals surface area contributed by atoms with E-state index >= 15 is 0 Å². The fourth-order valence-electron chi connectivity index (χ4n) is 1.44. The summed E-state index contributed by atoms with van der Waals surface area (Å²) in [5.74, 6) is -1.49. The Balaban J connectivity index is 3.19. The second kappa shape index (κ2) is 5.56. The molecule has 0 aliphatic rings. The summed E-state index contributed by atoms with van der Waals surface area (Å²) in [7, 11) is 0. The minimum absolute atomic E-state index is 0.0176. The van der Waals surface area contributed by atoms with E-state index in [1.54, 1.807) is 0 Å². The van der Waals surface area contributed by atoms with Gasteiger partial charge in [0, 0.05) is 15.6 Å². The Hall–Kier alpha value is -0.980. The second-order valence-corrected chi connectivity index (χ2v) is 4.87. The molecule has 0 saturated carbocycles. The Morgan fingerprint density at radius 1 is 1.37 bits per heavy atom. The molecular weight excluding hydrogens is 306 g/mol. The minimum Gasteiger partial charge on any atom is -0.480 e. The van der Waals surface area contributed by atoms with Gasteiger partial charge in [-0.15, -0.1) is 0 Å². The maximum Gasteiger partial charge on any atom is 0.401 e. The maximum atomic E-state index is 12.2. The highest BCUT2D eigenvalue weighted by Crippen LogP contribution is 2.31. The van der Waals surface area contributed by atoms with Crippen LogP contribution in [0.3, 0.4) is 0 Å². The first-order valence-electron chi connectivity index (χ1n) is 5.07. The van der Waals surface area contributed by atoms with Gasteiger partial charge in [-0.1, -0.05) is 23.2 Å². The Labute approximate surface area is 117 Å². The standard InChI is InChI=1S/C11H10Cl2F3NO2/c1-10(9(18)19,17-5-11(14,15)16)7-4-6(12)2-3-8(7)13/h2-4,17H,5H2,1H3,(H,18,19). The summed E-state index contributed by atoms with van der Waals surface area (Å²) in [5, 5.41) is 11.3. The molecule has 0 spiro atoms. The van der Waals surface area contributed by atoms with Crippen molar-refractivity contribution < 1.29 is 23.1 Å².